The largest absolute Gasteiger partial charge is 0.117 e. The van der Waals surface area contributed by atoms with Crippen LogP contribution in [0.3, 0.4) is 0 Å². The fraction of sp³-hybridized carbons (Fsp3) is 0.571. The fourth-order valence-electron chi connectivity index (χ4n) is 20.5. The summed E-state index contributed by atoms with van der Waals surface area (Å²) in [6.07, 6.45) is 65.3. The molecule has 0 radical (unpaired) electrons. The van der Waals surface area contributed by atoms with E-state index in [-0.39, 0.29) is 0 Å². The zero-order valence-electron chi connectivity index (χ0n) is 96.5. The lowest BCUT2D eigenvalue weighted by Gasteiger charge is -2.03. The summed E-state index contributed by atoms with van der Waals surface area (Å²) in [5, 5.41) is 0. The molecule has 1 aliphatic heterocycles. The first-order valence-corrected chi connectivity index (χ1v) is 68.5. The topological polar surface area (TPSA) is 0 Å². The molecule has 11 rings (SSSR count). The van der Waals surface area contributed by atoms with Crippen molar-refractivity contribution in [3.8, 4) is 0 Å². The lowest BCUT2D eigenvalue weighted by atomic mass is 10.0. The minimum absolute atomic E-state index is 1.01. The molecule has 800 valence electrons. The highest BCUT2D eigenvalue weighted by Gasteiger charge is 2.22. The SMILES string of the molecule is CCCCc1c(CCCC)c2sc1=C=C=c1sc(c(CCCC)c1CCCC)=C=C=c1sc(c(CCCC)c1CCCC)=C=C=c1sc(c(CCCC)c1CCCC)=C=C=c1sc(c(CCCC)c1CCCC)=C=C=c1sc(c(CCCC)c1CCCC)=C=C=c1sc(c(CCCC)c1CCCC)=C=C=c1sc(c(CCCC)c1CCCC)=C=C=c1sc(c(CCCC)c1CCCC)=C=C=c1sc(c(CCCC)c1CCCC)=C=C=2. The average Bonchev–Trinajstić information content (AvgIpc) is 1.64. The van der Waals surface area contributed by atoms with Gasteiger partial charge in [-0.05, 0) is 483 Å². The summed E-state index contributed by atoms with van der Waals surface area (Å²) in [4.78, 5) is 0. The Labute approximate surface area is 944 Å². The Morgan fingerprint density at radius 2 is 0.133 bits per heavy atom. The molecule has 10 heteroatoms. The highest BCUT2D eigenvalue weighted by atomic mass is 32.1. The minimum Gasteiger partial charge on any atom is -0.117 e. The Balaban J connectivity index is 1.48. The molecular weight excluding hydrogens is 2000 g/mol. The van der Waals surface area contributed by atoms with Crippen LogP contribution in [0.2, 0.25) is 0 Å². The number of hydrogen-bond acceptors (Lipinski definition) is 10. The number of hydrogen-bond donors (Lipinski definition) is 0. The fourth-order valence-corrected chi connectivity index (χ4v) is 31.6. The van der Waals surface area contributed by atoms with Gasteiger partial charge in [0, 0.05) is 0 Å². The molecule has 0 amide bonds. The lowest BCUT2D eigenvalue weighted by Crippen LogP contribution is -2.08. The number of unbranched alkanes of at least 4 members (excludes halogenated alkanes) is 20. The van der Waals surface area contributed by atoms with E-state index in [0.717, 1.165) is 385 Å². The van der Waals surface area contributed by atoms with Crippen LogP contribution in [0.15, 0.2) is 0 Å². The number of thiophene rings is 10. The van der Waals surface area contributed by atoms with Gasteiger partial charge in [-0.1, -0.05) is 267 Å². The third kappa shape index (κ3) is 34.3. The summed E-state index contributed by atoms with van der Waals surface area (Å²) in [6, 6.07) is 0. The molecule has 20 bridgehead atoms. The van der Waals surface area contributed by atoms with Crippen LogP contribution >= 0.6 is 113 Å². The van der Waals surface area contributed by atoms with E-state index in [0.29, 0.717) is 0 Å². The highest BCUT2D eigenvalue weighted by Crippen LogP contribution is 2.23. The van der Waals surface area contributed by atoms with Crippen LogP contribution < -0.4 is 90.6 Å². The van der Waals surface area contributed by atoms with Gasteiger partial charge in [0.25, 0.3) is 0 Å². The van der Waals surface area contributed by atoms with E-state index in [2.05, 4.69) is 253 Å². The zero-order valence-corrected chi connectivity index (χ0v) is 105. The van der Waals surface area contributed by atoms with E-state index in [9.17, 15) is 0 Å². The Hall–Kier alpha value is -7.40. The van der Waals surface area contributed by atoms with Gasteiger partial charge in [-0.15, -0.1) is 113 Å². The van der Waals surface area contributed by atoms with Gasteiger partial charge in [-0.3, -0.25) is 0 Å². The van der Waals surface area contributed by atoms with Crippen LogP contribution in [0.5, 0.6) is 0 Å². The second-order valence-corrected chi connectivity index (χ2v) is 52.0. The van der Waals surface area contributed by atoms with Crippen molar-refractivity contribution in [2.24, 2.45) is 0 Å². The molecule has 10 aromatic rings. The normalized spacial score (nSPS) is 11.6. The van der Waals surface area contributed by atoms with Gasteiger partial charge in [0.15, 0.2) is 0 Å². The molecule has 0 saturated heterocycles. The monoisotopic (exact) mass is 2180 g/mol. The average molecular weight is 2180 g/mol. The summed E-state index contributed by atoms with van der Waals surface area (Å²) in [6.45, 7) is 47.0. The lowest BCUT2D eigenvalue weighted by molar-refractivity contribution is 0.758. The Morgan fingerprint density at radius 3 is 0.173 bits per heavy atom. The Bertz CT molecular complexity index is 6100. The highest BCUT2D eigenvalue weighted by molar-refractivity contribution is 7.11. The van der Waals surface area contributed by atoms with Crippen LogP contribution in [0.4, 0.5) is 0 Å². The third-order valence-electron chi connectivity index (χ3n) is 29.7. The van der Waals surface area contributed by atoms with Crippen LogP contribution in [-0.2, 0) is 128 Å². The molecule has 0 saturated carbocycles. The van der Waals surface area contributed by atoms with E-state index in [4.69, 9.17) is 0 Å². The van der Waals surface area contributed by atoms with Crippen molar-refractivity contribution in [2.75, 3.05) is 0 Å². The van der Waals surface area contributed by atoms with E-state index < -0.39 is 0 Å². The van der Waals surface area contributed by atoms with E-state index in [1.807, 2.05) is 113 Å². The van der Waals surface area contributed by atoms with Gasteiger partial charge in [0.2, 0.25) is 0 Å². The molecule has 150 heavy (non-hydrogen) atoms. The first kappa shape index (κ1) is 123. The quantitative estimate of drug-likeness (QED) is 0.0356. The van der Waals surface area contributed by atoms with Gasteiger partial charge in [0.1, 0.15) is 0 Å². The van der Waals surface area contributed by atoms with Crippen LogP contribution in [-0.4, -0.2) is 0 Å². The van der Waals surface area contributed by atoms with Crippen molar-refractivity contribution >= 4 is 228 Å². The molecule has 0 aliphatic carbocycles. The maximum atomic E-state index is 4.04. The van der Waals surface area contributed by atoms with Gasteiger partial charge in [-0.25, -0.2) is 0 Å². The van der Waals surface area contributed by atoms with Crippen LogP contribution in [0.25, 0.3) is 115 Å². The summed E-state index contributed by atoms with van der Waals surface area (Å²) in [5.41, 5.74) is 110. The second kappa shape index (κ2) is 68.2. The summed E-state index contributed by atoms with van der Waals surface area (Å²) < 4.78 is 24.2. The summed E-state index contributed by atoms with van der Waals surface area (Å²) in [7, 11) is 0. The van der Waals surface area contributed by atoms with Crippen molar-refractivity contribution in [1.82, 2.24) is 0 Å². The molecular formula is C140H180S10. The van der Waals surface area contributed by atoms with Crippen LogP contribution in [0, 0.1) is 0 Å². The molecule has 0 unspecified atom stereocenters. The maximum absolute atomic E-state index is 4.04. The molecule has 0 N–H and O–H groups in total. The molecule has 0 fully saturated rings. The van der Waals surface area contributed by atoms with Crippen molar-refractivity contribution < 1.29 is 0 Å². The molecule has 0 spiro atoms. The molecule has 10 aromatic heterocycles. The zero-order chi connectivity index (χ0) is 107. The minimum atomic E-state index is 1.01. The maximum Gasteiger partial charge on any atom is 0.0820 e. The first-order valence-electron chi connectivity index (χ1n) is 60.3. The van der Waals surface area contributed by atoms with Crippen LogP contribution in [0.1, 0.15) is 507 Å². The van der Waals surface area contributed by atoms with Crippen molar-refractivity contribution in [2.45, 2.75) is 524 Å². The first-order chi connectivity index (χ1) is 73.6. The summed E-state index contributed by atoms with van der Waals surface area (Å²) in [5.74, 6) is 0. The number of fused-ring (bicyclic) bond motifs is 20. The third-order valence-corrected chi connectivity index (χ3v) is 40.7. The Kier molecular flexibility index (Phi) is 55.8. The molecule has 1 aliphatic rings. The van der Waals surface area contributed by atoms with Gasteiger partial charge < -0.3 is 0 Å². The van der Waals surface area contributed by atoms with E-state index >= 15 is 0 Å². The Morgan fingerprint density at radius 1 is 0.0867 bits per heavy atom. The molecule has 0 atom stereocenters. The predicted octanol–water partition coefficient (Wildman–Crippen LogP) is 27.6. The van der Waals surface area contributed by atoms with Crippen molar-refractivity contribution in [1.29, 1.82) is 0 Å². The molecule has 0 nitrogen and oxygen atoms in total. The smallest absolute Gasteiger partial charge is 0.0820 e. The van der Waals surface area contributed by atoms with Gasteiger partial charge >= 0.3 is 0 Å². The second-order valence-electron chi connectivity index (χ2n) is 41.7. The number of rotatable bonds is 60. The standard InChI is InChI=1S/C140H180S10/c1-21-41-61-101-102(62-42-22-2)122-83-84-124-105(65-45-25-5)106(66-46-26-6)126(143-124)87-88-128-109(69-49-29-9)110(70-50-30-10)130(145-128)91-92-132-113(73-53-33-13)114(74-54-34-14)134(147-132)95-96-136-117(77-57-37-17)118(78-58-38-18)138(149-136)99-100-140-120(80-60-40-20)119(79-59-39-19)139(150-140)98-97-137-116(76-56-36-16)115(75-55-35-15)135(148-137)94-93-133-112(72-52-32-12)111(71-51-31-11)131(146-133)90-89-129-108(68-48-28-8)107(67-47-27-7)127(144-129)86-85-125-104(64-44-24-4)103(63-43-23-3)123(142-125)82-81-121(101)141-122/h21-80H2,1-20H3. The van der Waals surface area contributed by atoms with Gasteiger partial charge in [-0.2, -0.15) is 0 Å². The predicted molar refractivity (Wildman–Crippen MR) is 676 cm³/mol. The van der Waals surface area contributed by atoms with Crippen molar-refractivity contribution in [3.63, 3.8) is 0 Å². The van der Waals surface area contributed by atoms with E-state index in [1.54, 1.807) is 0 Å². The summed E-state index contributed by atoms with van der Waals surface area (Å²) >= 11 is 18.8. The molecule has 0 aromatic carbocycles. The van der Waals surface area contributed by atoms with Gasteiger partial charge in [0.05, 0.1) is 90.6 Å². The van der Waals surface area contributed by atoms with E-state index in [1.165, 1.54) is 202 Å². The van der Waals surface area contributed by atoms with Crippen molar-refractivity contribution in [3.05, 3.63) is 202 Å². The molecule has 11 heterocycles.